The highest BCUT2D eigenvalue weighted by molar-refractivity contribution is 5.94. The van der Waals surface area contributed by atoms with Crippen molar-refractivity contribution in [2.75, 3.05) is 39.3 Å². The van der Waals surface area contributed by atoms with Gasteiger partial charge in [-0.1, -0.05) is 48.5 Å². The van der Waals surface area contributed by atoms with Crippen molar-refractivity contribution in [1.82, 2.24) is 15.5 Å². The summed E-state index contributed by atoms with van der Waals surface area (Å²) in [5.41, 5.74) is 1.91. The van der Waals surface area contributed by atoms with Crippen LogP contribution in [-0.4, -0.2) is 56.1 Å². The summed E-state index contributed by atoms with van der Waals surface area (Å²) >= 11 is 0. The van der Waals surface area contributed by atoms with Crippen molar-refractivity contribution in [3.05, 3.63) is 71.8 Å². The normalized spacial score (nSPS) is 16.4. The van der Waals surface area contributed by atoms with Gasteiger partial charge in [-0.15, -0.1) is 0 Å². The summed E-state index contributed by atoms with van der Waals surface area (Å²) in [6.45, 7) is 7.63. The van der Waals surface area contributed by atoms with Crippen LogP contribution in [0.4, 0.5) is 0 Å². The first kappa shape index (κ1) is 22.8. The van der Waals surface area contributed by atoms with Crippen molar-refractivity contribution in [1.29, 1.82) is 0 Å². The molecule has 166 valence electrons. The number of nitrogens with one attached hydrogen (secondary N) is 2. The van der Waals surface area contributed by atoms with Gasteiger partial charge in [0.25, 0.3) is 5.91 Å². The molecule has 0 aliphatic carbocycles. The van der Waals surface area contributed by atoms with Crippen LogP contribution in [-0.2, 0) is 11.3 Å². The lowest BCUT2D eigenvalue weighted by Crippen LogP contribution is -2.40. The highest BCUT2D eigenvalue weighted by atomic mass is 16.5. The molecule has 1 atom stereocenters. The minimum Gasteiger partial charge on any atom is -0.376 e. The predicted molar refractivity (Wildman–Crippen MR) is 125 cm³/mol. The molecule has 1 aliphatic heterocycles. The summed E-state index contributed by atoms with van der Waals surface area (Å²) < 4.78 is 5.94. The van der Waals surface area contributed by atoms with Gasteiger partial charge in [-0.2, -0.15) is 0 Å². The summed E-state index contributed by atoms with van der Waals surface area (Å²) in [6, 6.07) is 19.6. The maximum absolute atomic E-state index is 12.1. The number of carbonyl (C=O) groups excluding carboxylic acids is 1. The van der Waals surface area contributed by atoms with Gasteiger partial charge in [0.1, 0.15) is 0 Å². The lowest BCUT2D eigenvalue weighted by molar-refractivity contribution is 0.0906. The Morgan fingerprint density at radius 1 is 1.10 bits per heavy atom. The number of likely N-dealkylation sites (tertiary alicyclic amines) is 1. The summed E-state index contributed by atoms with van der Waals surface area (Å²) in [4.78, 5) is 19.2. The van der Waals surface area contributed by atoms with Crippen LogP contribution in [0.15, 0.2) is 65.7 Å². The number of carbonyl (C=O) groups is 1. The fourth-order valence-corrected chi connectivity index (χ4v) is 3.66. The van der Waals surface area contributed by atoms with E-state index in [-0.39, 0.29) is 5.91 Å². The average Bonchev–Trinajstić information content (AvgIpc) is 3.28. The first-order chi connectivity index (χ1) is 15.3. The number of nitrogens with zero attached hydrogens (tertiary/aromatic N) is 2. The van der Waals surface area contributed by atoms with Crippen molar-refractivity contribution in [3.63, 3.8) is 0 Å². The molecule has 0 spiro atoms. The summed E-state index contributed by atoms with van der Waals surface area (Å²) in [5, 5.41) is 6.36. The van der Waals surface area contributed by atoms with E-state index in [1.807, 2.05) is 48.5 Å². The number of guanidine groups is 1. The van der Waals surface area contributed by atoms with Crippen LogP contribution in [0.1, 0.15) is 35.7 Å². The Labute approximate surface area is 185 Å². The van der Waals surface area contributed by atoms with E-state index in [2.05, 4.69) is 34.6 Å². The highest BCUT2D eigenvalue weighted by Crippen LogP contribution is 2.17. The van der Waals surface area contributed by atoms with Gasteiger partial charge in [-0.25, -0.2) is 0 Å². The first-order valence-corrected chi connectivity index (χ1v) is 11.2. The number of amides is 1. The molecule has 31 heavy (non-hydrogen) atoms. The SMILES string of the molecule is CCNC(=NCCCNC(=O)c1ccccc1)N1CCC(COCc2ccccc2)C1. The molecule has 1 amide bonds. The monoisotopic (exact) mass is 422 g/mol. The topological polar surface area (TPSA) is 66.0 Å². The Morgan fingerprint density at radius 2 is 1.84 bits per heavy atom. The maximum atomic E-state index is 12.1. The van der Waals surface area contributed by atoms with E-state index in [9.17, 15) is 4.79 Å². The molecule has 1 heterocycles. The van der Waals surface area contributed by atoms with Crippen molar-refractivity contribution in [3.8, 4) is 0 Å². The predicted octanol–water partition coefficient (Wildman–Crippen LogP) is 3.31. The van der Waals surface area contributed by atoms with E-state index in [0.717, 1.165) is 45.0 Å². The van der Waals surface area contributed by atoms with Crippen molar-refractivity contribution in [2.45, 2.75) is 26.4 Å². The van der Waals surface area contributed by atoms with Crippen molar-refractivity contribution in [2.24, 2.45) is 10.9 Å². The standard InChI is InChI=1S/C25H34N4O2/c1-2-26-25(28-16-9-15-27-24(30)23-12-7-4-8-13-23)29-17-14-22(18-29)20-31-19-21-10-5-3-6-11-21/h3-8,10-13,22H,2,9,14-20H2,1H3,(H,26,28)(H,27,30). The van der Waals surface area contributed by atoms with Crippen LogP contribution in [0.5, 0.6) is 0 Å². The largest absolute Gasteiger partial charge is 0.376 e. The Morgan fingerprint density at radius 3 is 2.58 bits per heavy atom. The Kier molecular flexibility index (Phi) is 9.38. The molecule has 0 bridgehead atoms. The van der Waals surface area contributed by atoms with Gasteiger partial charge in [-0.05, 0) is 37.5 Å². The molecule has 1 fully saturated rings. The second kappa shape index (κ2) is 12.7. The molecule has 2 N–H and O–H groups in total. The third-order valence-electron chi connectivity index (χ3n) is 5.30. The fraction of sp³-hybridized carbons (Fsp3) is 0.440. The van der Waals surface area contributed by atoms with Gasteiger partial charge in [0.2, 0.25) is 0 Å². The van der Waals surface area contributed by atoms with Gasteiger partial charge >= 0.3 is 0 Å². The zero-order valence-electron chi connectivity index (χ0n) is 18.4. The molecule has 1 aliphatic rings. The Hall–Kier alpha value is -2.86. The summed E-state index contributed by atoms with van der Waals surface area (Å²) in [7, 11) is 0. The summed E-state index contributed by atoms with van der Waals surface area (Å²) in [6.07, 6.45) is 1.93. The fourth-order valence-electron chi connectivity index (χ4n) is 3.66. The quantitative estimate of drug-likeness (QED) is 0.350. The van der Waals surface area contributed by atoms with Gasteiger partial charge in [-0.3, -0.25) is 9.79 Å². The van der Waals surface area contributed by atoms with Crippen LogP contribution < -0.4 is 10.6 Å². The lowest BCUT2D eigenvalue weighted by Gasteiger charge is -2.21. The Bertz CT molecular complexity index is 811. The smallest absolute Gasteiger partial charge is 0.251 e. The molecule has 0 saturated carbocycles. The summed E-state index contributed by atoms with van der Waals surface area (Å²) in [5.74, 6) is 1.45. The Balaban J connectivity index is 1.37. The van der Waals surface area contributed by atoms with E-state index >= 15 is 0 Å². The van der Waals surface area contributed by atoms with Gasteiger partial charge in [0.05, 0.1) is 13.2 Å². The second-order valence-corrected chi connectivity index (χ2v) is 7.81. The highest BCUT2D eigenvalue weighted by Gasteiger charge is 2.24. The molecule has 2 aromatic rings. The van der Waals surface area contributed by atoms with Gasteiger partial charge in [0, 0.05) is 44.2 Å². The van der Waals surface area contributed by atoms with Crippen molar-refractivity contribution < 1.29 is 9.53 Å². The number of aliphatic imine (C=N–C) groups is 1. The van der Waals surface area contributed by atoms with Gasteiger partial charge < -0.3 is 20.3 Å². The number of rotatable bonds is 10. The number of hydrogen-bond donors (Lipinski definition) is 2. The average molecular weight is 423 g/mol. The van der Waals surface area contributed by atoms with E-state index < -0.39 is 0 Å². The van der Waals surface area contributed by atoms with Crippen molar-refractivity contribution >= 4 is 11.9 Å². The molecule has 6 heteroatoms. The zero-order chi connectivity index (χ0) is 21.7. The lowest BCUT2D eigenvalue weighted by atomic mass is 10.1. The number of hydrogen-bond acceptors (Lipinski definition) is 3. The minimum atomic E-state index is -0.0330. The van der Waals surface area contributed by atoms with E-state index in [1.165, 1.54) is 5.56 Å². The first-order valence-electron chi connectivity index (χ1n) is 11.2. The van der Waals surface area contributed by atoms with Gasteiger partial charge in [0.15, 0.2) is 5.96 Å². The van der Waals surface area contributed by atoms with E-state index in [4.69, 9.17) is 9.73 Å². The van der Waals surface area contributed by atoms with Crippen LogP contribution >= 0.6 is 0 Å². The molecular formula is C25H34N4O2. The molecule has 3 rings (SSSR count). The maximum Gasteiger partial charge on any atom is 0.251 e. The molecule has 1 saturated heterocycles. The minimum absolute atomic E-state index is 0.0330. The zero-order valence-corrected chi connectivity index (χ0v) is 18.4. The third kappa shape index (κ3) is 7.72. The molecule has 0 radical (unpaired) electrons. The number of benzene rings is 2. The van der Waals surface area contributed by atoms with E-state index in [1.54, 1.807) is 0 Å². The van der Waals surface area contributed by atoms with Crippen LogP contribution in [0, 0.1) is 5.92 Å². The molecular weight excluding hydrogens is 388 g/mol. The van der Waals surface area contributed by atoms with Crippen LogP contribution in [0.3, 0.4) is 0 Å². The van der Waals surface area contributed by atoms with Crippen LogP contribution in [0.25, 0.3) is 0 Å². The molecule has 0 aromatic heterocycles. The van der Waals surface area contributed by atoms with E-state index in [0.29, 0.717) is 31.2 Å². The third-order valence-corrected chi connectivity index (χ3v) is 5.30. The molecule has 6 nitrogen and oxygen atoms in total. The molecule has 2 aromatic carbocycles. The number of ether oxygens (including phenoxy) is 1. The van der Waals surface area contributed by atoms with Crippen LogP contribution in [0.2, 0.25) is 0 Å². The second-order valence-electron chi connectivity index (χ2n) is 7.81. The molecule has 1 unspecified atom stereocenters.